The molecular weight excluding hydrogens is 358 g/mol. The summed E-state index contributed by atoms with van der Waals surface area (Å²) < 4.78 is 4.84. The SMILES string of the molecule is O=C(COC(=O)/C=C/c1cccs1)NCCNc1ccc([N+](=O)[O-])cc1. The Morgan fingerprint density at radius 1 is 1.19 bits per heavy atom. The number of amides is 1. The molecule has 0 bridgehead atoms. The van der Waals surface area contributed by atoms with Gasteiger partial charge in [-0.05, 0) is 29.7 Å². The minimum atomic E-state index is -0.586. The fourth-order valence-electron chi connectivity index (χ4n) is 1.88. The van der Waals surface area contributed by atoms with Gasteiger partial charge in [0.2, 0.25) is 0 Å². The largest absolute Gasteiger partial charge is 0.452 e. The maximum absolute atomic E-state index is 11.6. The monoisotopic (exact) mass is 375 g/mol. The van der Waals surface area contributed by atoms with Crippen LogP contribution in [0.1, 0.15) is 4.88 Å². The summed E-state index contributed by atoms with van der Waals surface area (Å²) in [6.07, 6.45) is 2.90. The van der Waals surface area contributed by atoms with E-state index in [9.17, 15) is 19.7 Å². The molecule has 0 spiro atoms. The summed E-state index contributed by atoms with van der Waals surface area (Å²) in [5, 5.41) is 18.1. The van der Waals surface area contributed by atoms with Crippen LogP contribution in [0.2, 0.25) is 0 Å². The molecule has 0 atom stereocenters. The lowest BCUT2D eigenvalue weighted by molar-refractivity contribution is -0.384. The Labute approximate surface area is 153 Å². The molecule has 0 saturated heterocycles. The zero-order valence-electron chi connectivity index (χ0n) is 13.7. The second kappa shape index (κ2) is 9.94. The number of nitrogens with zero attached hydrogens (tertiary/aromatic N) is 1. The maximum Gasteiger partial charge on any atom is 0.331 e. The Hall–Kier alpha value is -3.20. The number of nitrogens with one attached hydrogen (secondary N) is 2. The molecule has 1 heterocycles. The molecule has 2 rings (SSSR count). The minimum absolute atomic E-state index is 0.0128. The van der Waals surface area contributed by atoms with E-state index in [1.54, 1.807) is 18.2 Å². The summed E-state index contributed by atoms with van der Waals surface area (Å²) in [7, 11) is 0. The number of benzene rings is 1. The third-order valence-electron chi connectivity index (χ3n) is 3.13. The normalized spacial score (nSPS) is 10.5. The highest BCUT2D eigenvalue weighted by Gasteiger charge is 2.05. The number of hydrogen-bond acceptors (Lipinski definition) is 7. The summed E-state index contributed by atoms with van der Waals surface area (Å²) in [5.41, 5.74) is 0.716. The third kappa shape index (κ3) is 6.73. The Kier molecular flexibility index (Phi) is 7.31. The summed E-state index contributed by atoms with van der Waals surface area (Å²) in [6, 6.07) is 9.68. The molecule has 1 aromatic heterocycles. The van der Waals surface area contributed by atoms with Gasteiger partial charge in [0.05, 0.1) is 4.92 Å². The fourth-order valence-corrected chi connectivity index (χ4v) is 2.50. The Balaban J connectivity index is 1.59. The highest BCUT2D eigenvalue weighted by molar-refractivity contribution is 7.10. The number of esters is 1. The first-order valence-electron chi connectivity index (χ1n) is 7.68. The Morgan fingerprint density at radius 3 is 2.62 bits per heavy atom. The molecule has 0 aliphatic heterocycles. The van der Waals surface area contributed by atoms with Crippen LogP contribution >= 0.6 is 11.3 Å². The van der Waals surface area contributed by atoms with Crippen molar-refractivity contribution in [1.82, 2.24) is 5.32 Å². The molecule has 2 aromatic rings. The van der Waals surface area contributed by atoms with Crippen LogP contribution in [0.5, 0.6) is 0 Å². The summed E-state index contributed by atoms with van der Waals surface area (Å²) in [6.45, 7) is 0.388. The van der Waals surface area contributed by atoms with Crippen LogP contribution in [0, 0.1) is 10.1 Å². The third-order valence-corrected chi connectivity index (χ3v) is 3.96. The molecule has 0 fully saturated rings. The van der Waals surface area contributed by atoms with Crippen LogP contribution < -0.4 is 10.6 Å². The van der Waals surface area contributed by atoms with E-state index in [1.807, 2.05) is 17.5 Å². The van der Waals surface area contributed by atoms with Crippen molar-refractivity contribution in [2.24, 2.45) is 0 Å². The van der Waals surface area contributed by atoms with Gasteiger partial charge in [0.25, 0.3) is 11.6 Å². The van der Waals surface area contributed by atoms with Gasteiger partial charge < -0.3 is 15.4 Å². The maximum atomic E-state index is 11.6. The summed E-state index contributed by atoms with van der Waals surface area (Å²) in [4.78, 5) is 34.1. The molecule has 2 N–H and O–H groups in total. The molecule has 0 unspecified atom stereocenters. The first-order chi connectivity index (χ1) is 12.5. The number of rotatable bonds is 9. The van der Waals surface area contributed by atoms with E-state index in [0.29, 0.717) is 18.8 Å². The molecule has 1 amide bonds. The average molecular weight is 375 g/mol. The van der Waals surface area contributed by atoms with Gasteiger partial charge >= 0.3 is 5.97 Å². The van der Waals surface area contributed by atoms with Crippen molar-refractivity contribution in [1.29, 1.82) is 0 Å². The molecule has 26 heavy (non-hydrogen) atoms. The van der Waals surface area contributed by atoms with Gasteiger partial charge in [0.15, 0.2) is 6.61 Å². The smallest absolute Gasteiger partial charge is 0.331 e. The van der Waals surface area contributed by atoms with E-state index in [1.165, 1.54) is 29.5 Å². The van der Waals surface area contributed by atoms with Crippen LogP contribution in [0.4, 0.5) is 11.4 Å². The predicted molar refractivity (Wildman–Crippen MR) is 98.9 cm³/mol. The van der Waals surface area contributed by atoms with Crippen LogP contribution in [-0.4, -0.2) is 36.5 Å². The first kappa shape index (κ1) is 19.1. The number of anilines is 1. The van der Waals surface area contributed by atoms with Crippen molar-refractivity contribution in [3.63, 3.8) is 0 Å². The van der Waals surface area contributed by atoms with Crippen molar-refractivity contribution in [2.75, 3.05) is 25.0 Å². The summed E-state index contributed by atoms with van der Waals surface area (Å²) >= 11 is 1.49. The van der Waals surface area contributed by atoms with E-state index in [-0.39, 0.29) is 12.3 Å². The topological polar surface area (TPSA) is 111 Å². The van der Waals surface area contributed by atoms with Gasteiger partial charge in [-0.2, -0.15) is 0 Å². The number of carbonyl (C=O) groups excluding carboxylic acids is 2. The minimum Gasteiger partial charge on any atom is -0.452 e. The molecule has 8 nitrogen and oxygen atoms in total. The lowest BCUT2D eigenvalue weighted by Crippen LogP contribution is -2.32. The number of nitro benzene ring substituents is 1. The van der Waals surface area contributed by atoms with E-state index >= 15 is 0 Å². The highest BCUT2D eigenvalue weighted by Crippen LogP contribution is 2.14. The van der Waals surface area contributed by atoms with Gasteiger partial charge in [0.1, 0.15) is 0 Å². The number of non-ortho nitro benzene ring substituents is 1. The fraction of sp³-hybridized carbons (Fsp3) is 0.176. The molecule has 0 aliphatic rings. The molecule has 0 saturated carbocycles. The lowest BCUT2D eigenvalue weighted by Gasteiger charge is -2.08. The van der Waals surface area contributed by atoms with Crippen LogP contribution in [0.25, 0.3) is 6.08 Å². The quantitative estimate of drug-likeness (QED) is 0.229. The van der Waals surface area contributed by atoms with Gasteiger partial charge in [0, 0.05) is 41.9 Å². The Bertz CT molecular complexity index is 772. The van der Waals surface area contributed by atoms with Gasteiger partial charge in [-0.15, -0.1) is 11.3 Å². The van der Waals surface area contributed by atoms with Crippen LogP contribution in [0.15, 0.2) is 47.9 Å². The molecule has 136 valence electrons. The van der Waals surface area contributed by atoms with Crippen molar-refractivity contribution in [3.05, 3.63) is 62.8 Å². The summed E-state index contributed by atoms with van der Waals surface area (Å²) in [5.74, 6) is -0.995. The van der Waals surface area contributed by atoms with Gasteiger partial charge in [-0.3, -0.25) is 14.9 Å². The lowest BCUT2D eigenvalue weighted by atomic mass is 10.3. The van der Waals surface area contributed by atoms with Gasteiger partial charge in [-0.25, -0.2) is 4.79 Å². The van der Waals surface area contributed by atoms with Crippen molar-refractivity contribution in [2.45, 2.75) is 0 Å². The highest BCUT2D eigenvalue weighted by atomic mass is 32.1. The molecule has 9 heteroatoms. The number of carbonyl (C=O) groups is 2. The van der Waals surface area contributed by atoms with E-state index in [4.69, 9.17) is 4.74 Å². The number of ether oxygens (including phenoxy) is 1. The second-order valence-corrected chi connectivity index (χ2v) is 6.02. The zero-order valence-corrected chi connectivity index (χ0v) is 14.5. The van der Waals surface area contributed by atoms with Crippen molar-refractivity contribution < 1.29 is 19.2 Å². The number of hydrogen-bond donors (Lipinski definition) is 2. The van der Waals surface area contributed by atoms with E-state index < -0.39 is 16.8 Å². The number of thiophene rings is 1. The standard InChI is InChI=1S/C17H17N3O5S/c21-16(12-25-17(22)8-7-15-2-1-11-26-15)19-10-9-18-13-3-5-14(6-4-13)20(23)24/h1-8,11,18H,9-10,12H2,(H,19,21)/b8-7+. The predicted octanol–water partition coefficient (Wildman–Crippen LogP) is 2.44. The molecule has 0 aliphatic carbocycles. The van der Waals surface area contributed by atoms with Crippen molar-refractivity contribution in [3.8, 4) is 0 Å². The van der Waals surface area contributed by atoms with Gasteiger partial charge in [-0.1, -0.05) is 6.07 Å². The molecule has 0 radical (unpaired) electrons. The molecular formula is C17H17N3O5S. The van der Waals surface area contributed by atoms with Crippen LogP contribution in [-0.2, 0) is 14.3 Å². The van der Waals surface area contributed by atoms with Crippen LogP contribution in [0.3, 0.4) is 0 Å². The second-order valence-electron chi connectivity index (χ2n) is 5.04. The Morgan fingerprint density at radius 2 is 1.96 bits per heavy atom. The first-order valence-corrected chi connectivity index (χ1v) is 8.56. The van der Waals surface area contributed by atoms with Crippen molar-refractivity contribution >= 4 is 40.7 Å². The number of nitro groups is 1. The molecule has 1 aromatic carbocycles. The van der Waals surface area contributed by atoms with E-state index in [2.05, 4.69) is 10.6 Å². The zero-order chi connectivity index (χ0) is 18.8. The average Bonchev–Trinajstić information content (AvgIpc) is 3.16. The van der Waals surface area contributed by atoms with E-state index in [0.717, 1.165) is 4.88 Å².